The van der Waals surface area contributed by atoms with E-state index in [1.165, 1.54) is 12.1 Å². The molecular weight excluding hydrogens is 218 g/mol. The highest BCUT2D eigenvalue weighted by atomic mass is 16.3. The summed E-state index contributed by atoms with van der Waals surface area (Å²) in [7, 11) is 0. The number of rotatable bonds is 1. The molecule has 4 nitrogen and oxygen atoms in total. The molecule has 88 valence electrons. The SMILES string of the molecule is C=Cc1c(O)c(O)cc2ccccc12.NC=O. The van der Waals surface area contributed by atoms with E-state index < -0.39 is 0 Å². The van der Waals surface area contributed by atoms with Crippen LogP contribution < -0.4 is 5.73 Å². The molecule has 0 spiro atoms. The lowest BCUT2D eigenvalue weighted by Gasteiger charge is -2.06. The molecular formula is C13H13NO3. The van der Waals surface area contributed by atoms with Gasteiger partial charge >= 0.3 is 0 Å². The first-order chi connectivity index (χ1) is 8.15. The van der Waals surface area contributed by atoms with Crippen LogP contribution in [0.15, 0.2) is 36.9 Å². The lowest BCUT2D eigenvalue weighted by Crippen LogP contribution is -1.82. The fourth-order valence-corrected chi connectivity index (χ4v) is 1.56. The lowest BCUT2D eigenvalue weighted by molar-refractivity contribution is -0.106. The van der Waals surface area contributed by atoms with Crippen LogP contribution in [0, 0.1) is 0 Å². The van der Waals surface area contributed by atoms with Crippen molar-refractivity contribution in [3.8, 4) is 11.5 Å². The van der Waals surface area contributed by atoms with Crippen LogP contribution in [0.5, 0.6) is 11.5 Å². The maximum absolute atomic E-state index is 9.57. The number of hydrogen-bond acceptors (Lipinski definition) is 3. The number of primary amides is 1. The van der Waals surface area contributed by atoms with Crippen LogP contribution >= 0.6 is 0 Å². The first-order valence-electron chi connectivity index (χ1n) is 4.87. The molecule has 0 heterocycles. The van der Waals surface area contributed by atoms with Crippen LogP contribution in [-0.4, -0.2) is 16.6 Å². The molecule has 0 aliphatic heterocycles. The highest BCUT2D eigenvalue weighted by Gasteiger charge is 2.08. The van der Waals surface area contributed by atoms with Gasteiger partial charge in [0.1, 0.15) is 0 Å². The Kier molecular flexibility index (Phi) is 4.11. The summed E-state index contributed by atoms with van der Waals surface area (Å²) in [4.78, 5) is 8.58. The fourth-order valence-electron chi connectivity index (χ4n) is 1.56. The van der Waals surface area contributed by atoms with Crippen molar-refractivity contribution in [2.45, 2.75) is 0 Å². The molecule has 0 aromatic heterocycles. The third-order valence-electron chi connectivity index (χ3n) is 2.25. The van der Waals surface area contributed by atoms with E-state index in [2.05, 4.69) is 12.3 Å². The predicted molar refractivity (Wildman–Crippen MR) is 67.6 cm³/mol. The van der Waals surface area contributed by atoms with Crippen molar-refractivity contribution in [3.05, 3.63) is 42.5 Å². The number of benzene rings is 2. The number of aromatic hydroxyl groups is 2. The summed E-state index contributed by atoms with van der Waals surface area (Å²) in [5.41, 5.74) is 4.74. The Morgan fingerprint density at radius 1 is 1.24 bits per heavy atom. The number of phenolic OH excluding ortho intramolecular Hbond substituents is 2. The van der Waals surface area contributed by atoms with E-state index in [9.17, 15) is 10.2 Å². The van der Waals surface area contributed by atoms with Gasteiger partial charge < -0.3 is 15.9 Å². The molecule has 4 heteroatoms. The van der Waals surface area contributed by atoms with E-state index in [1.807, 2.05) is 24.3 Å². The Bertz CT molecular complexity index is 550. The average molecular weight is 231 g/mol. The van der Waals surface area contributed by atoms with Gasteiger partial charge in [0.15, 0.2) is 11.5 Å². The Morgan fingerprint density at radius 2 is 1.82 bits per heavy atom. The Morgan fingerprint density at radius 3 is 2.41 bits per heavy atom. The van der Waals surface area contributed by atoms with Crippen LogP contribution in [0.2, 0.25) is 0 Å². The molecule has 1 amide bonds. The topological polar surface area (TPSA) is 83.6 Å². The molecule has 0 aliphatic carbocycles. The maximum Gasteiger partial charge on any atom is 0.204 e. The Balaban J connectivity index is 0.000000437. The smallest absolute Gasteiger partial charge is 0.204 e. The van der Waals surface area contributed by atoms with Gasteiger partial charge in [-0.2, -0.15) is 0 Å². The Labute approximate surface area is 98.6 Å². The number of carbonyl (C=O) groups is 1. The van der Waals surface area contributed by atoms with Gasteiger partial charge in [-0.05, 0) is 16.8 Å². The summed E-state index contributed by atoms with van der Waals surface area (Å²) in [5.74, 6) is -0.225. The number of phenols is 2. The molecule has 0 radical (unpaired) electrons. The molecule has 2 rings (SSSR count). The van der Waals surface area contributed by atoms with E-state index in [1.54, 1.807) is 0 Å². The standard InChI is InChI=1S/C12H10O2.CH3NO/c1-2-9-10-6-4-3-5-8(10)7-11(13)12(9)14;2-1-3/h2-7,13-14H,1H2;1H,(H2,2,3). The largest absolute Gasteiger partial charge is 0.504 e. The number of amides is 1. The summed E-state index contributed by atoms with van der Waals surface area (Å²) in [6, 6.07) is 9.06. The lowest BCUT2D eigenvalue weighted by atomic mass is 10.0. The van der Waals surface area contributed by atoms with Gasteiger partial charge in [-0.1, -0.05) is 36.9 Å². The van der Waals surface area contributed by atoms with Gasteiger partial charge in [0, 0.05) is 5.56 Å². The highest BCUT2D eigenvalue weighted by molar-refractivity contribution is 5.94. The molecule has 2 aromatic rings. The third kappa shape index (κ3) is 2.55. The van der Waals surface area contributed by atoms with Crippen LogP contribution in [-0.2, 0) is 4.79 Å². The number of nitrogens with two attached hydrogens (primary N) is 1. The van der Waals surface area contributed by atoms with Crippen molar-refractivity contribution >= 4 is 23.3 Å². The minimum absolute atomic E-state index is 0.112. The molecule has 0 saturated heterocycles. The number of hydrogen-bond donors (Lipinski definition) is 3. The maximum atomic E-state index is 9.57. The van der Waals surface area contributed by atoms with Crippen molar-refractivity contribution in [1.29, 1.82) is 0 Å². The molecule has 0 atom stereocenters. The quantitative estimate of drug-likeness (QED) is 0.518. The van der Waals surface area contributed by atoms with Crippen LogP contribution in [0.3, 0.4) is 0 Å². The second-order valence-electron chi connectivity index (χ2n) is 3.22. The van der Waals surface area contributed by atoms with Gasteiger partial charge in [-0.3, -0.25) is 4.79 Å². The van der Waals surface area contributed by atoms with E-state index in [4.69, 9.17) is 4.79 Å². The average Bonchev–Trinajstić information content (AvgIpc) is 2.32. The van der Waals surface area contributed by atoms with Crippen molar-refractivity contribution < 1.29 is 15.0 Å². The minimum Gasteiger partial charge on any atom is -0.504 e. The summed E-state index contributed by atoms with van der Waals surface area (Å²) in [6.07, 6.45) is 1.79. The highest BCUT2D eigenvalue weighted by Crippen LogP contribution is 2.36. The second-order valence-corrected chi connectivity index (χ2v) is 3.22. The normalized spacial score (nSPS) is 9.18. The molecule has 2 aromatic carbocycles. The number of carbonyl (C=O) groups excluding carboxylic acids is 1. The molecule has 4 N–H and O–H groups in total. The van der Waals surface area contributed by atoms with Crippen LogP contribution in [0.1, 0.15) is 5.56 Å². The summed E-state index contributed by atoms with van der Waals surface area (Å²) < 4.78 is 0. The monoisotopic (exact) mass is 231 g/mol. The summed E-state index contributed by atoms with van der Waals surface area (Å²) >= 11 is 0. The second kappa shape index (κ2) is 5.55. The van der Waals surface area contributed by atoms with Crippen LogP contribution in [0.25, 0.3) is 16.8 Å². The first kappa shape index (κ1) is 12.6. The zero-order valence-electron chi connectivity index (χ0n) is 9.13. The van der Waals surface area contributed by atoms with Gasteiger partial charge in [-0.15, -0.1) is 0 Å². The first-order valence-corrected chi connectivity index (χ1v) is 4.87. The van der Waals surface area contributed by atoms with Crippen molar-refractivity contribution in [2.24, 2.45) is 5.73 Å². The fraction of sp³-hybridized carbons (Fsp3) is 0. The molecule has 0 fully saturated rings. The Hall–Kier alpha value is -2.49. The van der Waals surface area contributed by atoms with E-state index in [-0.39, 0.29) is 17.9 Å². The van der Waals surface area contributed by atoms with E-state index >= 15 is 0 Å². The van der Waals surface area contributed by atoms with Gasteiger partial charge in [0.25, 0.3) is 0 Å². The van der Waals surface area contributed by atoms with Crippen LogP contribution in [0.4, 0.5) is 0 Å². The molecule has 0 bridgehead atoms. The van der Waals surface area contributed by atoms with Crippen molar-refractivity contribution in [3.63, 3.8) is 0 Å². The van der Waals surface area contributed by atoms with Gasteiger partial charge in [0.2, 0.25) is 6.41 Å². The summed E-state index contributed by atoms with van der Waals surface area (Å²) in [6.45, 7) is 3.61. The van der Waals surface area contributed by atoms with Gasteiger partial charge in [0.05, 0.1) is 0 Å². The van der Waals surface area contributed by atoms with E-state index in [0.29, 0.717) is 5.56 Å². The zero-order chi connectivity index (χ0) is 12.8. The van der Waals surface area contributed by atoms with Gasteiger partial charge in [-0.25, -0.2) is 0 Å². The molecule has 17 heavy (non-hydrogen) atoms. The molecule has 0 aliphatic rings. The third-order valence-corrected chi connectivity index (χ3v) is 2.25. The van der Waals surface area contributed by atoms with Crippen molar-refractivity contribution in [1.82, 2.24) is 0 Å². The number of fused-ring (bicyclic) bond motifs is 1. The molecule has 0 unspecified atom stereocenters. The van der Waals surface area contributed by atoms with Crippen molar-refractivity contribution in [2.75, 3.05) is 0 Å². The molecule has 0 saturated carbocycles. The van der Waals surface area contributed by atoms with E-state index in [0.717, 1.165) is 10.8 Å². The zero-order valence-corrected chi connectivity index (χ0v) is 9.13. The summed E-state index contributed by atoms with van der Waals surface area (Å²) in [5, 5.41) is 20.8. The predicted octanol–water partition coefficient (Wildman–Crippen LogP) is 2.00. The minimum atomic E-state index is -0.112.